The molecule has 8 nitrogen and oxygen atoms in total. The summed E-state index contributed by atoms with van der Waals surface area (Å²) in [6.07, 6.45) is 0. The quantitative estimate of drug-likeness (QED) is 0.377. The van der Waals surface area contributed by atoms with E-state index in [-0.39, 0.29) is 33.8 Å². The van der Waals surface area contributed by atoms with E-state index in [0.717, 1.165) is 0 Å². The van der Waals surface area contributed by atoms with Gasteiger partial charge in [0.05, 0.1) is 16.2 Å². The zero-order valence-electron chi connectivity index (χ0n) is 17.1. The Labute approximate surface area is 182 Å². The van der Waals surface area contributed by atoms with Crippen LogP contribution < -0.4 is 10.7 Å². The molecule has 1 aromatic heterocycles. The van der Waals surface area contributed by atoms with Gasteiger partial charge in [-0.05, 0) is 30.7 Å². The number of amides is 1. The molecule has 0 aliphatic heterocycles. The minimum Gasteiger partial charge on any atom is -0.306 e. The van der Waals surface area contributed by atoms with Gasteiger partial charge in [-0.25, -0.2) is 4.68 Å². The van der Waals surface area contributed by atoms with Crippen LogP contribution in [0.1, 0.15) is 16.1 Å². The van der Waals surface area contributed by atoms with Crippen molar-refractivity contribution in [2.45, 2.75) is 6.92 Å². The highest BCUT2D eigenvalue weighted by Gasteiger charge is 2.21. The highest BCUT2D eigenvalue weighted by Crippen LogP contribution is 2.27. The van der Waals surface area contributed by atoms with E-state index in [2.05, 4.69) is 10.4 Å². The molecule has 1 amide bonds. The maximum absolute atomic E-state index is 13.1. The molecular weight excluding hydrogens is 408 g/mol. The number of carbonyl (C=O) groups excluding carboxylic acids is 1. The molecule has 32 heavy (non-hydrogen) atoms. The fourth-order valence-corrected chi connectivity index (χ4v) is 3.32. The average Bonchev–Trinajstić information content (AvgIpc) is 2.82. The fraction of sp³-hybridized carbons (Fsp3) is 0.0417. The molecule has 158 valence electrons. The standard InChI is InChI=1S/C24H18N4O4/c1-16-22(29)21(17-9-4-2-5-10-17)23(27(26-16)19-12-6-3-7-13-19)25-24(30)18-11-8-14-20(15-18)28(31)32/h2-15H,1H3,(H,25,30). The number of carbonyl (C=O) groups is 1. The van der Waals surface area contributed by atoms with Gasteiger partial charge in [0.1, 0.15) is 11.5 Å². The molecule has 4 aromatic rings. The van der Waals surface area contributed by atoms with Crippen molar-refractivity contribution < 1.29 is 9.72 Å². The number of nitro benzene ring substituents is 1. The van der Waals surface area contributed by atoms with Crippen molar-refractivity contribution in [3.05, 3.63) is 117 Å². The molecule has 0 bridgehead atoms. The lowest BCUT2D eigenvalue weighted by Gasteiger charge is -2.18. The summed E-state index contributed by atoms with van der Waals surface area (Å²) in [6, 6.07) is 23.4. The van der Waals surface area contributed by atoms with Crippen molar-refractivity contribution in [3.63, 3.8) is 0 Å². The van der Waals surface area contributed by atoms with Crippen LogP contribution in [0.5, 0.6) is 0 Å². The topological polar surface area (TPSA) is 107 Å². The maximum Gasteiger partial charge on any atom is 0.270 e. The number of aromatic nitrogens is 2. The average molecular weight is 426 g/mol. The van der Waals surface area contributed by atoms with Gasteiger partial charge in [-0.15, -0.1) is 0 Å². The number of anilines is 1. The highest BCUT2D eigenvalue weighted by atomic mass is 16.6. The van der Waals surface area contributed by atoms with Crippen molar-refractivity contribution in [3.8, 4) is 16.8 Å². The van der Waals surface area contributed by atoms with Gasteiger partial charge in [0.25, 0.3) is 11.6 Å². The summed E-state index contributed by atoms with van der Waals surface area (Å²) in [5.74, 6) is -0.421. The predicted octanol–water partition coefficient (Wildman–Crippen LogP) is 4.37. The highest BCUT2D eigenvalue weighted by molar-refractivity contribution is 6.06. The fourth-order valence-electron chi connectivity index (χ4n) is 3.32. The smallest absolute Gasteiger partial charge is 0.270 e. The van der Waals surface area contributed by atoms with Gasteiger partial charge < -0.3 is 5.32 Å². The van der Waals surface area contributed by atoms with Crippen molar-refractivity contribution in [2.75, 3.05) is 5.32 Å². The molecule has 8 heteroatoms. The number of nitrogens with one attached hydrogen (secondary N) is 1. The second kappa shape index (κ2) is 8.65. The molecule has 0 saturated carbocycles. The zero-order chi connectivity index (χ0) is 22.7. The van der Waals surface area contributed by atoms with E-state index < -0.39 is 10.8 Å². The third-order valence-corrected chi connectivity index (χ3v) is 4.87. The Morgan fingerprint density at radius 3 is 2.28 bits per heavy atom. The van der Waals surface area contributed by atoms with Crippen molar-refractivity contribution in [1.29, 1.82) is 0 Å². The lowest BCUT2D eigenvalue weighted by atomic mass is 10.0. The summed E-state index contributed by atoms with van der Waals surface area (Å²) < 4.78 is 1.49. The number of rotatable bonds is 5. The Hall–Kier alpha value is -4.59. The first kappa shape index (κ1) is 20.7. The zero-order valence-corrected chi connectivity index (χ0v) is 17.1. The minimum atomic E-state index is -0.597. The van der Waals surface area contributed by atoms with E-state index in [1.807, 2.05) is 24.3 Å². The van der Waals surface area contributed by atoms with Crippen LogP contribution >= 0.6 is 0 Å². The van der Waals surface area contributed by atoms with Crippen LogP contribution in [0.3, 0.4) is 0 Å². The molecule has 0 saturated heterocycles. The first-order valence-electron chi connectivity index (χ1n) is 9.76. The van der Waals surface area contributed by atoms with Crippen LogP contribution in [0.4, 0.5) is 11.5 Å². The normalized spacial score (nSPS) is 10.5. The number of para-hydroxylation sites is 1. The van der Waals surface area contributed by atoms with Crippen molar-refractivity contribution in [2.24, 2.45) is 0 Å². The number of hydrogen-bond acceptors (Lipinski definition) is 5. The Kier molecular flexibility index (Phi) is 5.59. The predicted molar refractivity (Wildman–Crippen MR) is 121 cm³/mol. The van der Waals surface area contributed by atoms with Crippen LogP contribution in [0, 0.1) is 17.0 Å². The Morgan fingerprint density at radius 2 is 1.62 bits per heavy atom. The van der Waals surface area contributed by atoms with Crippen LogP contribution in [0.2, 0.25) is 0 Å². The monoisotopic (exact) mass is 426 g/mol. The minimum absolute atomic E-state index is 0.0887. The molecule has 0 spiro atoms. The van der Waals surface area contributed by atoms with E-state index in [9.17, 15) is 19.7 Å². The van der Waals surface area contributed by atoms with Crippen LogP contribution in [0.25, 0.3) is 16.8 Å². The third-order valence-electron chi connectivity index (χ3n) is 4.87. The number of nitro groups is 1. The van der Waals surface area contributed by atoms with E-state index in [1.54, 1.807) is 43.3 Å². The van der Waals surface area contributed by atoms with E-state index in [4.69, 9.17) is 0 Å². The molecule has 0 unspecified atom stereocenters. The van der Waals surface area contributed by atoms with Gasteiger partial charge in [-0.2, -0.15) is 5.10 Å². The van der Waals surface area contributed by atoms with Gasteiger partial charge >= 0.3 is 0 Å². The molecule has 3 aromatic carbocycles. The van der Waals surface area contributed by atoms with Gasteiger partial charge in [0.2, 0.25) is 5.43 Å². The molecule has 1 N–H and O–H groups in total. The van der Waals surface area contributed by atoms with E-state index in [1.165, 1.54) is 28.9 Å². The van der Waals surface area contributed by atoms with Crippen molar-refractivity contribution in [1.82, 2.24) is 9.78 Å². The summed E-state index contributed by atoms with van der Waals surface area (Å²) >= 11 is 0. The summed E-state index contributed by atoms with van der Waals surface area (Å²) in [4.78, 5) is 36.7. The third kappa shape index (κ3) is 4.01. The molecule has 0 atom stereocenters. The number of aryl methyl sites for hydroxylation is 1. The number of benzene rings is 3. The van der Waals surface area contributed by atoms with Crippen LogP contribution in [-0.4, -0.2) is 20.6 Å². The molecule has 0 aliphatic carbocycles. The van der Waals surface area contributed by atoms with Crippen LogP contribution in [0.15, 0.2) is 89.7 Å². The number of hydrogen-bond donors (Lipinski definition) is 1. The second-order valence-electron chi connectivity index (χ2n) is 7.01. The molecule has 0 fully saturated rings. The molecule has 0 radical (unpaired) electrons. The summed E-state index contributed by atoms with van der Waals surface area (Å²) in [6.45, 7) is 1.61. The lowest BCUT2D eigenvalue weighted by Crippen LogP contribution is -2.25. The second-order valence-corrected chi connectivity index (χ2v) is 7.01. The molecule has 1 heterocycles. The van der Waals surface area contributed by atoms with Crippen LogP contribution in [-0.2, 0) is 0 Å². The molecule has 4 rings (SSSR count). The van der Waals surface area contributed by atoms with Gasteiger partial charge in [0, 0.05) is 17.7 Å². The van der Waals surface area contributed by atoms with Gasteiger partial charge in [-0.1, -0.05) is 54.6 Å². The maximum atomic E-state index is 13.1. The van der Waals surface area contributed by atoms with Gasteiger partial charge in [0.15, 0.2) is 0 Å². The Bertz CT molecular complexity index is 1370. The Morgan fingerprint density at radius 1 is 0.969 bits per heavy atom. The summed E-state index contributed by atoms with van der Waals surface area (Å²) in [5, 5.41) is 18.3. The summed E-state index contributed by atoms with van der Waals surface area (Å²) in [5.41, 5.74) is 1.36. The number of non-ortho nitro benzene ring substituents is 1. The first-order valence-corrected chi connectivity index (χ1v) is 9.76. The first-order chi connectivity index (χ1) is 15.5. The number of nitrogens with zero attached hydrogens (tertiary/aromatic N) is 3. The molecular formula is C24H18N4O4. The lowest BCUT2D eigenvalue weighted by molar-refractivity contribution is -0.384. The van der Waals surface area contributed by atoms with Crippen molar-refractivity contribution >= 4 is 17.4 Å². The largest absolute Gasteiger partial charge is 0.306 e. The molecule has 0 aliphatic rings. The summed E-state index contributed by atoms with van der Waals surface area (Å²) in [7, 11) is 0. The van der Waals surface area contributed by atoms with Gasteiger partial charge in [-0.3, -0.25) is 19.7 Å². The SMILES string of the molecule is Cc1nn(-c2ccccc2)c(NC(=O)c2cccc([N+](=O)[O-])c2)c(-c2ccccc2)c1=O. The van der Waals surface area contributed by atoms with E-state index >= 15 is 0 Å². The Balaban J connectivity index is 1.92. The van der Waals surface area contributed by atoms with E-state index in [0.29, 0.717) is 11.3 Å².